The molecule has 1 saturated heterocycles. The van der Waals surface area contributed by atoms with Crippen molar-refractivity contribution < 1.29 is 27.9 Å². The molecular weight excluding hydrogens is 635 g/mol. The van der Waals surface area contributed by atoms with Crippen molar-refractivity contribution in [3.8, 4) is 0 Å². The normalized spacial score (nSPS) is 19.3. The maximum absolute atomic E-state index is 13.6. The van der Waals surface area contributed by atoms with Crippen LogP contribution >= 0.6 is 34.8 Å². The Balaban J connectivity index is 0.000000530. The van der Waals surface area contributed by atoms with Crippen molar-refractivity contribution in [2.24, 2.45) is 0 Å². The third-order valence-corrected chi connectivity index (χ3v) is 10.4. The summed E-state index contributed by atoms with van der Waals surface area (Å²) in [4.78, 5) is 26.6. The molecule has 5 rings (SSSR count). The number of para-hydroxylation sites is 1. The summed E-state index contributed by atoms with van der Waals surface area (Å²) >= 11 is 18.0. The van der Waals surface area contributed by atoms with Gasteiger partial charge >= 0.3 is 5.97 Å². The Bertz CT molecular complexity index is 1500. The summed E-state index contributed by atoms with van der Waals surface area (Å²) in [5, 5.41) is 10.4. The van der Waals surface area contributed by atoms with Crippen LogP contribution in [0.4, 0.5) is 5.69 Å². The SMILES string of the molecule is CC[C@@H](CN(c1ccccc1Cl)S(=O)(=O)C1CC1)N1C(=O)[C@@H](CC(=O)O)OC[C@H]1c1ccc(Cl)cc1.Clc1ccccc1. The van der Waals surface area contributed by atoms with E-state index >= 15 is 0 Å². The zero-order chi connectivity index (χ0) is 31.1. The van der Waals surface area contributed by atoms with Gasteiger partial charge in [0.25, 0.3) is 5.91 Å². The third kappa shape index (κ3) is 8.42. The van der Waals surface area contributed by atoms with Gasteiger partial charge in [0.05, 0.1) is 47.6 Å². The zero-order valence-corrected chi connectivity index (χ0v) is 26.6. The molecule has 2 fully saturated rings. The first-order valence-electron chi connectivity index (χ1n) is 13.9. The smallest absolute Gasteiger partial charge is 0.306 e. The fourth-order valence-electron chi connectivity index (χ4n) is 4.92. The standard InChI is InChI=1S/C25H28Cl2N2O6S.C6H5Cl/c1-2-18(14-28(36(33,34)19-11-12-19)21-6-4-3-5-20(21)27)29-22(16-7-9-17(26)10-8-16)15-35-23(25(29)32)13-24(30)31;7-6-4-2-1-3-5-6/h3-10,18-19,22-23H,2,11-15H2,1H3,(H,30,31);1-5H/t18-,22-,23+;/m0./s1. The molecule has 12 heteroatoms. The Hall–Kier alpha value is -2.82. The highest BCUT2D eigenvalue weighted by molar-refractivity contribution is 7.93. The molecular formula is C31H33Cl3N2O6S. The molecule has 0 aromatic heterocycles. The minimum atomic E-state index is -3.72. The van der Waals surface area contributed by atoms with E-state index in [0.29, 0.717) is 35.0 Å². The van der Waals surface area contributed by atoms with Crippen LogP contribution in [0.25, 0.3) is 0 Å². The minimum absolute atomic E-state index is 0.0192. The van der Waals surface area contributed by atoms with Gasteiger partial charge in [-0.1, -0.05) is 84.2 Å². The van der Waals surface area contributed by atoms with E-state index in [2.05, 4.69) is 0 Å². The lowest BCUT2D eigenvalue weighted by Crippen LogP contribution is -2.57. The van der Waals surface area contributed by atoms with Crippen molar-refractivity contribution in [2.75, 3.05) is 17.5 Å². The van der Waals surface area contributed by atoms with Crippen molar-refractivity contribution in [1.82, 2.24) is 4.90 Å². The highest BCUT2D eigenvalue weighted by Crippen LogP contribution is 2.38. The quantitative estimate of drug-likeness (QED) is 0.254. The monoisotopic (exact) mass is 666 g/mol. The molecule has 1 amide bonds. The maximum Gasteiger partial charge on any atom is 0.306 e. The fraction of sp³-hybridized carbons (Fsp3) is 0.355. The molecule has 3 atom stereocenters. The lowest BCUT2D eigenvalue weighted by atomic mass is 9.98. The zero-order valence-electron chi connectivity index (χ0n) is 23.5. The number of aliphatic carboxylic acids is 1. The molecule has 0 bridgehead atoms. The number of sulfonamides is 1. The Morgan fingerprint density at radius 1 is 0.977 bits per heavy atom. The second-order valence-corrected chi connectivity index (χ2v) is 13.7. The summed E-state index contributed by atoms with van der Waals surface area (Å²) < 4.78 is 34.0. The highest BCUT2D eigenvalue weighted by atomic mass is 35.5. The van der Waals surface area contributed by atoms with Gasteiger partial charge in [-0.15, -0.1) is 0 Å². The highest BCUT2D eigenvalue weighted by Gasteiger charge is 2.45. The number of ether oxygens (including phenoxy) is 1. The van der Waals surface area contributed by atoms with Crippen LogP contribution < -0.4 is 4.31 Å². The Kier molecular flexibility index (Phi) is 11.4. The van der Waals surface area contributed by atoms with Crippen LogP contribution in [-0.2, 0) is 24.3 Å². The molecule has 43 heavy (non-hydrogen) atoms. The van der Waals surface area contributed by atoms with Gasteiger partial charge in [0.15, 0.2) is 0 Å². The largest absolute Gasteiger partial charge is 0.481 e. The average molecular weight is 668 g/mol. The van der Waals surface area contributed by atoms with E-state index in [4.69, 9.17) is 39.5 Å². The molecule has 0 radical (unpaired) electrons. The van der Waals surface area contributed by atoms with Gasteiger partial charge in [-0.3, -0.25) is 13.9 Å². The number of halogens is 3. The Labute approximate surface area is 267 Å². The average Bonchev–Trinajstić information content (AvgIpc) is 3.83. The van der Waals surface area contributed by atoms with Gasteiger partial charge < -0.3 is 14.7 Å². The number of nitrogens with zero attached hydrogens (tertiary/aromatic N) is 2. The molecule has 0 unspecified atom stereocenters. The van der Waals surface area contributed by atoms with Crippen LogP contribution in [0, 0.1) is 0 Å². The third-order valence-electron chi connectivity index (χ3n) is 7.28. The van der Waals surface area contributed by atoms with Crippen molar-refractivity contribution in [3.63, 3.8) is 0 Å². The number of morpholine rings is 1. The van der Waals surface area contributed by atoms with Crippen LogP contribution in [0.15, 0.2) is 78.9 Å². The van der Waals surface area contributed by atoms with E-state index in [1.54, 1.807) is 53.4 Å². The van der Waals surface area contributed by atoms with E-state index in [-0.39, 0.29) is 13.2 Å². The number of anilines is 1. The predicted molar refractivity (Wildman–Crippen MR) is 169 cm³/mol. The second-order valence-electron chi connectivity index (χ2n) is 10.3. The van der Waals surface area contributed by atoms with Gasteiger partial charge in [-0.2, -0.15) is 0 Å². The lowest BCUT2D eigenvalue weighted by Gasteiger charge is -2.45. The Morgan fingerprint density at radius 2 is 1.58 bits per heavy atom. The minimum Gasteiger partial charge on any atom is -0.481 e. The maximum atomic E-state index is 13.6. The van der Waals surface area contributed by atoms with E-state index in [9.17, 15) is 23.1 Å². The van der Waals surface area contributed by atoms with Crippen molar-refractivity contribution in [2.45, 2.75) is 56.0 Å². The van der Waals surface area contributed by atoms with Gasteiger partial charge in [0, 0.05) is 10.0 Å². The molecule has 1 heterocycles. The summed E-state index contributed by atoms with van der Waals surface area (Å²) in [6, 6.07) is 22.0. The van der Waals surface area contributed by atoms with Crippen molar-refractivity contribution in [1.29, 1.82) is 0 Å². The lowest BCUT2D eigenvalue weighted by molar-refractivity contribution is -0.168. The van der Waals surface area contributed by atoms with E-state index < -0.39 is 51.8 Å². The van der Waals surface area contributed by atoms with Gasteiger partial charge in [0.2, 0.25) is 10.0 Å². The topological polar surface area (TPSA) is 104 Å². The first-order valence-corrected chi connectivity index (χ1v) is 16.5. The molecule has 2 aliphatic rings. The first kappa shape index (κ1) is 33.1. The summed E-state index contributed by atoms with van der Waals surface area (Å²) in [6.45, 7) is 1.92. The molecule has 1 N–H and O–H groups in total. The molecule has 1 aliphatic carbocycles. The summed E-state index contributed by atoms with van der Waals surface area (Å²) in [5.74, 6) is -1.64. The molecule has 230 valence electrons. The number of carboxylic acid groups (broad SMARTS) is 1. The molecule has 0 spiro atoms. The first-order chi connectivity index (χ1) is 20.5. The number of carbonyl (C=O) groups is 2. The van der Waals surface area contributed by atoms with Crippen LogP contribution in [-0.4, -0.2) is 60.8 Å². The van der Waals surface area contributed by atoms with Crippen LogP contribution in [0.1, 0.15) is 44.2 Å². The van der Waals surface area contributed by atoms with E-state index in [1.165, 1.54) is 4.31 Å². The summed E-state index contributed by atoms with van der Waals surface area (Å²) in [7, 11) is -3.72. The molecule has 3 aromatic rings. The van der Waals surface area contributed by atoms with Crippen LogP contribution in [0.2, 0.25) is 15.1 Å². The number of carboxylic acids is 1. The molecule has 3 aromatic carbocycles. The predicted octanol–water partition coefficient (Wildman–Crippen LogP) is 6.85. The summed E-state index contributed by atoms with van der Waals surface area (Å²) in [6.07, 6.45) is -0.0614. The van der Waals surface area contributed by atoms with Gasteiger partial charge in [-0.05, 0) is 61.2 Å². The molecule has 1 saturated carbocycles. The van der Waals surface area contributed by atoms with E-state index in [0.717, 1.165) is 10.6 Å². The summed E-state index contributed by atoms with van der Waals surface area (Å²) in [5.41, 5.74) is 1.12. The molecule has 8 nitrogen and oxygen atoms in total. The number of hydrogen-bond donors (Lipinski definition) is 1. The number of hydrogen-bond acceptors (Lipinski definition) is 5. The van der Waals surface area contributed by atoms with Crippen LogP contribution in [0.3, 0.4) is 0 Å². The van der Waals surface area contributed by atoms with Crippen LogP contribution in [0.5, 0.6) is 0 Å². The number of rotatable bonds is 10. The second kappa shape index (κ2) is 14.8. The van der Waals surface area contributed by atoms with Crippen molar-refractivity contribution in [3.05, 3.63) is 99.5 Å². The van der Waals surface area contributed by atoms with E-state index in [1.807, 2.05) is 37.3 Å². The van der Waals surface area contributed by atoms with Gasteiger partial charge in [-0.25, -0.2) is 8.42 Å². The van der Waals surface area contributed by atoms with Crippen molar-refractivity contribution >= 4 is 62.4 Å². The number of benzene rings is 3. The number of carbonyl (C=O) groups excluding carboxylic acids is 1. The Morgan fingerprint density at radius 3 is 2.12 bits per heavy atom. The fourth-order valence-corrected chi connectivity index (χ4v) is 7.38. The van der Waals surface area contributed by atoms with Gasteiger partial charge in [0.1, 0.15) is 6.10 Å². The number of amides is 1. The molecule has 1 aliphatic heterocycles.